The van der Waals surface area contributed by atoms with Crippen molar-refractivity contribution in [1.82, 2.24) is 4.98 Å². The standard InChI is InChI=1S/C19H16N2O4/c22-17-7-4-12-20-19(17)21-18(23)13-24-14-8-10-16(11-9-14)25-15-5-2-1-3-6-15/h1-12,22H,13H2,(H,20,21,23). The number of aromatic nitrogens is 1. The topological polar surface area (TPSA) is 80.7 Å². The lowest BCUT2D eigenvalue weighted by Crippen LogP contribution is -2.20. The molecule has 6 heteroatoms. The third kappa shape index (κ3) is 4.71. The fourth-order valence-corrected chi connectivity index (χ4v) is 2.04. The minimum absolute atomic E-state index is 0.0988. The lowest BCUT2D eigenvalue weighted by molar-refractivity contribution is -0.118. The maximum atomic E-state index is 11.8. The van der Waals surface area contributed by atoms with Gasteiger partial charge in [-0.3, -0.25) is 4.79 Å². The molecule has 0 atom stereocenters. The van der Waals surface area contributed by atoms with Crippen LogP contribution in [0.2, 0.25) is 0 Å². The molecule has 3 aromatic rings. The first-order valence-corrected chi connectivity index (χ1v) is 7.60. The zero-order valence-corrected chi connectivity index (χ0v) is 13.3. The molecule has 0 aliphatic heterocycles. The first kappa shape index (κ1) is 16.3. The third-order valence-electron chi connectivity index (χ3n) is 3.22. The van der Waals surface area contributed by atoms with E-state index in [9.17, 15) is 9.90 Å². The number of nitrogens with zero attached hydrogens (tertiary/aromatic N) is 1. The number of rotatable bonds is 6. The Hall–Kier alpha value is -3.54. The Balaban J connectivity index is 1.51. The quantitative estimate of drug-likeness (QED) is 0.719. The number of para-hydroxylation sites is 1. The van der Waals surface area contributed by atoms with E-state index >= 15 is 0 Å². The van der Waals surface area contributed by atoms with Crippen molar-refractivity contribution in [3.63, 3.8) is 0 Å². The highest BCUT2D eigenvalue weighted by molar-refractivity contribution is 5.92. The lowest BCUT2D eigenvalue weighted by Gasteiger charge is -2.09. The zero-order valence-electron chi connectivity index (χ0n) is 13.3. The van der Waals surface area contributed by atoms with Gasteiger partial charge in [-0.15, -0.1) is 0 Å². The highest BCUT2D eigenvalue weighted by Gasteiger charge is 2.08. The van der Waals surface area contributed by atoms with Gasteiger partial charge in [0.25, 0.3) is 5.91 Å². The van der Waals surface area contributed by atoms with E-state index in [4.69, 9.17) is 9.47 Å². The molecule has 1 heterocycles. The summed E-state index contributed by atoms with van der Waals surface area (Å²) < 4.78 is 11.1. The third-order valence-corrected chi connectivity index (χ3v) is 3.22. The average molecular weight is 336 g/mol. The highest BCUT2D eigenvalue weighted by Crippen LogP contribution is 2.23. The molecule has 1 amide bonds. The highest BCUT2D eigenvalue weighted by atomic mass is 16.5. The van der Waals surface area contributed by atoms with Gasteiger partial charge in [-0.2, -0.15) is 0 Å². The van der Waals surface area contributed by atoms with Gasteiger partial charge in [0.05, 0.1) is 0 Å². The molecule has 0 spiro atoms. The fourth-order valence-electron chi connectivity index (χ4n) is 2.04. The van der Waals surface area contributed by atoms with Crippen molar-refractivity contribution >= 4 is 11.7 Å². The molecule has 126 valence electrons. The van der Waals surface area contributed by atoms with E-state index in [1.54, 1.807) is 30.3 Å². The molecule has 0 aliphatic carbocycles. The Morgan fingerprint density at radius 3 is 2.32 bits per heavy atom. The van der Waals surface area contributed by atoms with E-state index in [0.717, 1.165) is 5.75 Å². The number of ether oxygens (including phenoxy) is 2. The predicted octanol–water partition coefficient (Wildman–Crippen LogP) is 3.60. The molecule has 0 bridgehead atoms. The van der Waals surface area contributed by atoms with E-state index in [-0.39, 0.29) is 18.2 Å². The summed E-state index contributed by atoms with van der Waals surface area (Å²) in [6.45, 7) is -0.200. The van der Waals surface area contributed by atoms with Crippen molar-refractivity contribution in [3.05, 3.63) is 72.9 Å². The number of benzene rings is 2. The molecule has 0 unspecified atom stereocenters. The number of hydrogen-bond acceptors (Lipinski definition) is 5. The number of aromatic hydroxyl groups is 1. The van der Waals surface area contributed by atoms with Crippen LogP contribution in [0.25, 0.3) is 0 Å². The minimum Gasteiger partial charge on any atom is -0.504 e. The summed E-state index contributed by atoms with van der Waals surface area (Å²) in [5.74, 6) is 1.52. The van der Waals surface area contributed by atoms with Crippen LogP contribution < -0.4 is 14.8 Å². The van der Waals surface area contributed by atoms with Gasteiger partial charge in [0.2, 0.25) is 0 Å². The van der Waals surface area contributed by atoms with Gasteiger partial charge in [0.15, 0.2) is 18.2 Å². The minimum atomic E-state index is -0.418. The van der Waals surface area contributed by atoms with Crippen LogP contribution >= 0.6 is 0 Å². The second-order valence-corrected chi connectivity index (χ2v) is 5.09. The van der Waals surface area contributed by atoms with Crippen molar-refractivity contribution in [1.29, 1.82) is 0 Å². The van der Waals surface area contributed by atoms with E-state index in [0.29, 0.717) is 11.5 Å². The molecule has 2 N–H and O–H groups in total. The molecule has 0 fully saturated rings. The van der Waals surface area contributed by atoms with Crippen LogP contribution in [0.4, 0.5) is 5.82 Å². The van der Waals surface area contributed by atoms with E-state index in [1.165, 1.54) is 12.3 Å². The molecule has 6 nitrogen and oxygen atoms in total. The first-order chi connectivity index (χ1) is 12.2. The Kier molecular flexibility index (Phi) is 5.11. The van der Waals surface area contributed by atoms with Crippen LogP contribution in [0.3, 0.4) is 0 Å². The second-order valence-electron chi connectivity index (χ2n) is 5.09. The monoisotopic (exact) mass is 336 g/mol. The number of carbonyl (C=O) groups excluding carboxylic acids is 1. The molecule has 0 saturated heterocycles. The Bertz CT molecular complexity index is 836. The van der Waals surface area contributed by atoms with E-state index in [2.05, 4.69) is 10.3 Å². The predicted molar refractivity (Wildman–Crippen MR) is 93.0 cm³/mol. The summed E-state index contributed by atoms with van der Waals surface area (Å²) >= 11 is 0. The number of anilines is 1. The Labute approximate surface area is 144 Å². The number of hydrogen-bond donors (Lipinski definition) is 2. The number of pyridine rings is 1. The van der Waals surface area contributed by atoms with Gasteiger partial charge in [0.1, 0.15) is 17.2 Å². The van der Waals surface area contributed by atoms with Crippen LogP contribution in [0.15, 0.2) is 72.9 Å². The van der Waals surface area contributed by atoms with Crippen LogP contribution in [0, 0.1) is 0 Å². The summed E-state index contributed by atoms with van der Waals surface area (Å²) in [7, 11) is 0. The van der Waals surface area contributed by atoms with Crippen molar-refractivity contribution in [2.24, 2.45) is 0 Å². The summed E-state index contributed by atoms with van der Waals surface area (Å²) in [4.78, 5) is 15.7. The molecular weight excluding hydrogens is 320 g/mol. The van der Waals surface area contributed by atoms with Crippen molar-refractivity contribution < 1.29 is 19.4 Å². The first-order valence-electron chi connectivity index (χ1n) is 7.60. The van der Waals surface area contributed by atoms with Crippen LogP contribution in [0.1, 0.15) is 0 Å². The lowest BCUT2D eigenvalue weighted by atomic mass is 10.3. The van der Waals surface area contributed by atoms with E-state index in [1.807, 2.05) is 30.3 Å². The molecule has 0 radical (unpaired) electrons. The zero-order chi connectivity index (χ0) is 17.5. The van der Waals surface area contributed by atoms with Gasteiger partial charge < -0.3 is 19.9 Å². The largest absolute Gasteiger partial charge is 0.504 e. The van der Waals surface area contributed by atoms with Crippen LogP contribution in [0.5, 0.6) is 23.0 Å². The van der Waals surface area contributed by atoms with Crippen molar-refractivity contribution in [2.75, 3.05) is 11.9 Å². The molecule has 2 aromatic carbocycles. The maximum absolute atomic E-state index is 11.8. The Morgan fingerprint density at radius 2 is 1.60 bits per heavy atom. The fraction of sp³-hybridized carbons (Fsp3) is 0.0526. The second kappa shape index (κ2) is 7.83. The van der Waals surface area contributed by atoms with Gasteiger partial charge in [-0.25, -0.2) is 4.98 Å². The summed E-state index contributed by atoms with van der Waals surface area (Å²) in [5, 5.41) is 12.0. The van der Waals surface area contributed by atoms with Gasteiger partial charge >= 0.3 is 0 Å². The number of nitrogens with one attached hydrogen (secondary N) is 1. The average Bonchev–Trinajstić information content (AvgIpc) is 2.64. The Morgan fingerprint density at radius 1 is 0.920 bits per heavy atom. The SMILES string of the molecule is O=C(COc1ccc(Oc2ccccc2)cc1)Nc1ncccc1O. The maximum Gasteiger partial charge on any atom is 0.263 e. The normalized spacial score (nSPS) is 10.1. The van der Waals surface area contributed by atoms with Crippen molar-refractivity contribution in [3.8, 4) is 23.0 Å². The van der Waals surface area contributed by atoms with Crippen molar-refractivity contribution in [2.45, 2.75) is 0 Å². The molecule has 0 aliphatic rings. The van der Waals surface area contributed by atoms with Gasteiger partial charge in [-0.1, -0.05) is 18.2 Å². The van der Waals surface area contributed by atoms with Crippen LogP contribution in [-0.4, -0.2) is 22.6 Å². The summed E-state index contributed by atoms with van der Waals surface area (Å²) in [6.07, 6.45) is 1.47. The molecule has 1 aromatic heterocycles. The van der Waals surface area contributed by atoms with Crippen LogP contribution in [-0.2, 0) is 4.79 Å². The van der Waals surface area contributed by atoms with Gasteiger partial charge in [-0.05, 0) is 48.5 Å². The van der Waals surface area contributed by atoms with Gasteiger partial charge in [0, 0.05) is 6.20 Å². The number of carbonyl (C=O) groups is 1. The molecular formula is C19H16N2O4. The molecule has 0 saturated carbocycles. The van der Waals surface area contributed by atoms with E-state index < -0.39 is 5.91 Å². The molecule has 25 heavy (non-hydrogen) atoms. The smallest absolute Gasteiger partial charge is 0.263 e. The summed E-state index contributed by atoms with van der Waals surface area (Å²) in [6, 6.07) is 19.4. The summed E-state index contributed by atoms with van der Waals surface area (Å²) in [5.41, 5.74) is 0. The molecule has 3 rings (SSSR count). The number of amides is 1.